The topological polar surface area (TPSA) is 72.2 Å². The van der Waals surface area contributed by atoms with Gasteiger partial charge in [0.2, 0.25) is 0 Å². The third kappa shape index (κ3) is 2.60. The molecule has 2 rings (SSSR count). The number of rotatable bonds is 4. The molecule has 1 heterocycles. The lowest BCUT2D eigenvalue weighted by molar-refractivity contribution is 0.0694. The molecule has 0 aliphatic heterocycles. The van der Waals surface area contributed by atoms with Crippen LogP contribution in [-0.4, -0.2) is 20.9 Å². The standard InChI is InChI=1S/C14H12N2O3/c1-2-8-16-13(17)11(14(18)19)9-12(15-16)10-6-4-3-5-7-10/h2-7,9H,1,8H2,(H,18,19). The van der Waals surface area contributed by atoms with Crippen LogP contribution in [0.4, 0.5) is 0 Å². The summed E-state index contributed by atoms with van der Waals surface area (Å²) in [5, 5.41) is 13.2. The second kappa shape index (κ2) is 5.30. The average molecular weight is 256 g/mol. The maximum atomic E-state index is 11.9. The van der Waals surface area contributed by atoms with Gasteiger partial charge in [0.1, 0.15) is 5.56 Å². The average Bonchev–Trinajstić information content (AvgIpc) is 2.42. The van der Waals surface area contributed by atoms with Gasteiger partial charge in [0.25, 0.3) is 5.56 Å². The van der Waals surface area contributed by atoms with Gasteiger partial charge < -0.3 is 5.11 Å². The summed E-state index contributed by atoms with van der Waals surface area (Å²) in [7, 11) is 0. The van der Waals surface area contributed by atoms with Crippen LogP contribution in [0.3, 0.4) is 0 Å². The Hall–Kier alpha value is -2.69. The van der Waals surface area contributed by atoms with Gasteiger partial charge in [-0.15, -0.1) is 6.58 Å². The highest BCUT2D eigenvalue weighted by atomic mass is 16.4. The first-order valence-corrected chi connectivity index (χ1v) is 5.65. The molecule has 1 aromatic heterocycles. The summed E-state index contributed by atoms with van der Waals surface area (Å²) >= 11 is 0. The molecule has 5 heteroatoms. The van der Waals surface area contributed by atoms with Crippen molar-refractivity contribution in [1.82, 2.24) is 9.78 Å². The van der Waals surface area contributed by atoms with Gasteiger partial charge in [-0.2, -0.15) is 5.10 Å². The Morgan fingerprint density at radius 3 is 2.63 bits per heavy atom. The fraction of sp³-hybridized carbons (Fsp3) is 0.0714. The van der Waals surface area contributed by atoms with E-state index < -0.39 is 11.5 Å². The van der Waals surface area contributed by atoms with Crippen molar-refractivity contribution in [3.63, 3.8) is 0 Å². The monoisotopic (exact) mass is 256 g/mol. The molecule has 0 aliphatic rings. The largest absolute Gasteiger partial charge is 0.477 e. The first kappa shape index (κ1) is 12.8. The number of aromatic carboxylic acids is 1. The fourth-order valence-corrected chi connectivity index (χ4v) is 1.69. The molecule has 1 N–H and O–H groups in total. The molecular weight excluding hydrogens is 244 g/mol. The summed E-state index contributed by atoms with van der Waals surface area (Å²) in [6.45, 7) is 3.69. The molecule has 0 atom stereocenters. The highest BCUT2D eigenvalue weighted by molar-refractivity contribution is 5.88. The normalized spacial score (nSPS) is 10.1. The molecule has 0 bridgehead atoms. The van der Waals surface area contributed by atoms with E-state index in [1.807, 2.05) is 18.2 Å². The van der Waals surface area contributed by atoms with E-state index in [0.717, 1.165) is 10.2 Å². The number of hydrogen-bond donors (Lipinski definition) is 1. The summed E-state index contributed by atoms with van der Waals surface area (Å²) in [4.78, 5) is 23.0. The second-order valence-electron chi connectivity index (χ2n) is 3.89. The third-order valence-corrected chi connectivity index (χ3v) is 2.58. The van der Waals surface area contributed by atoms with Crippen LogP contribution < -0.4 is 5.56 Å². The number of carbonyl (C=O) groups is 1. The Kier molecular flexibility index (Phi) is 3.56. The molecule has 0 radical (unpaired) electrons. The number of carboxylic acids is 1. The van der Waals surface area contributed by atoms with Crippen molar-refractivity contribution in [3.05, 3.63) is 65.0 Å². The Labute approximate surface area is 109 Å². The molecule has 0 spiro atoms. The minimum Gasteiger partial charge on any atom is -0.477 e. The lowest BCUT2D eigenvalue weighted by Crippen LogP contribution is -2.28. The van der Waals surface area contributed by atoms with Gasteiger partial charge in [-0.1, -0.05) is 36.4 Å². The molecule has 0 saturated carbocycles. The van der Waals surface area contributed by atoms with Crippen LogP contribution in [0.25, 0.3) is 11.3 Å². The van der Waals surface area contributed by atoms with Gasteiger partial charge in [-0.05, 0) is 6.07 Å². The van der Waals surface area contributed by atoms with E-state index in [9.17, 15) is 9.59 Å². The molecule has 0 fully saturated rings. The number of carboxylic acid groups (broad SMARTS) is 1. The minimum atomic E-state index is -1.26. The van der Waals surface area contributed by atoms with Crippen LogP contribution in [0, 0.1) is 0 Å². The molecule has 0 saturated heterocycles. The van der Waals surface area contributed by atoms with Gasteiger partial charge in [0.15, 0.2) is 0 Å². The summed E-state index contributed by atoms with van der Waals surface area (Å²) in [6.07, 6.45) is 1.49. The SMILES string of the molecule is C=CCn1nc(-c2ccccc2)cc(C(=O)O)c1=O. The van der Waals surface area contributed by atoms with E-state index >= 15 is 0 Å². The summed E-state index contributed by atoms with van der Waals surface area (Å²) < 4.78 is 1.10. The Bertz CT molecular complexity index is 675. The van der Waals surface area contributed by atoms with Crippen molar-refractivity contribution < 1.29 is 9.90 Å². The number of benzene rings is 1. The summed E-state index contributed by atoms with van der Waals surface area (Å²) in [5.74, 6) is -1.26. The molecule has 1 aromatic carbocycles. The number of nitrogens with zero attached hydrogens (tertiary/aromatic N) is 2. The van der Waals surface area contributed by atoms with E-state index in [1.54, 1.807) is 12.1 Å². The molecule has 0 unspecified atom stereocenters. The van der Waals surface area contributed by atoms with E-state index in [4.69, 9.17) is 5.11 Å². The van der Waals surface area contributed by atoms with Gasteiger partial charge in [-0.3, -0.25) is 4.79 Å². The third-order valence-electron chi connectivity index (χ3n) is 2.58. The van der Waals surface area contributed by atoms with Crippen LogP contribution in [-0.2, 0) is 6.54 Å². The lowest BCUT2D eigenvalue weighted by atomic mass is 10.1. The molecule has 96 valence electrons. The summed E-state index contributed by atoms with van der Waals surface area (Å²) in [5.41, 5.74) is 0.269. The highest BCUT2D eigenvalue weighted by Crippen LogP contribution is 2.15. The van der Waals surface area contributed by atoms with Gasteiger partial charge in [0.05, 0.1) is 12.2 Å². The lowest BCUT2D eigenvalue weighted by Gasteiger charge is -2.07. The predicted octanol–water partition coefficient (Wildman–Crippen LogP) is 1.79. The predicted molar refractivity (Wildman–Crippen MR) is 71.1 cm³/mol. The van der Waals surface area contributed by atoms with Crippen molar-refractivity contribution in [2.24, 2.45) is 0 Å². The van der Waals surface area contributed by atoms with E-state index in [0.29, 0.717) is 5.69 Å². The number of hydrogen-bond acceptors (Lipinski definition) is 3. The van der Waals surface area contributed by atoms with Crippen molar-refractivity contribution in [2.75, 3.05) is 0 Å². The smallest absolute Gasteiger partial charge is 0.341 e. The Morgan fingerprint density at radius 2 is 2.05 bits per heavy atom. The van der Waals surface area contributed by atoms with Crippen molar-refractivity contribution in [3.8, 4) is 11.3 Å². The number of aromatic nitrogens is 2. The Morgan fingerprint density at radius 1 is 1.37 bits per heavy atom. The number of allylic oxidation sites excluding steroid dienone is 1. The quantitative estimate of drug-likeness (QED) is 0.846. The second-order valence-corrected chi connectivity index (χ2v) is 3.89. The van der Waals surface area contributed by atoms with Crippen LogP contribution in [0.1, 0.15) is 10.4 Å². The van der Waals surface area contributed by atoms with Crippen LogP contribution in [0.2, 0.25) is 0 Å². The maximum absolute atomic E-state index is 11.9. The fourth-order valence-electron chi connectivity index (χ4n) is 1.69. The maximum Gasteiger partial charge on any atom is 0.341 e. The Balaban J connectivity index is 2.66. The molecule has 2 aromatic rings. The molecular formula is C14H12N2O3. The van der Waals surface area contributed by atoms with Crippen LogP contribution in [0.15, 0.2) is 53.8 Å². The molecule has 19 heavy (non-hydrogen) atoms. The minimum absolute atomic E-state index is 0.166. The van der Waals surface area contributed by atoms with Crippen molar-refractivity contribution in [1.29, 1.82) is 0 Å². The van der Waals surface area contributed by atoms with Gasteiger partial charge in [-0.25, -0.2) is 9.48 Å². The van der Waals surface area contributed by atoms with E-state index in [-0.39, 0.29) is 12.1 Å². The summed E-state index contributed by atoms with van der Waals surface area (Å²) in [6, 6.07) is 10.4. The molecule has 5 nitrogen and oxygen atoms in total. The zero-order chi connectivity index (χ0) is 13.8. The molecule has 0 aliphatic carbocycles. The van der Waals surface area contributed by atoms with Crippen molar-refractivity contribution >= 4 is 5.97 Å². The first-order chi connectivity index (χ1) is 9.13. The molecule has 0 amide bonds. The van der Waals surface area contributed by atoms with E-state index in [2.05, 4.69) is 11.7 Å². The van der Waals surface area contributed by atoms with Gasteiger partial charge in [0, 0.05) is 5.56 Å². The zero-order valence-corrected chi connectivity index (χ0v) is 10.1. The van der Waals surface area contributed by atoms with Gasteiger partial charge >= 0.3 is 5.97 Å². The van der Waals surface area contributed by atoms with Crippen LogP contribution >= 0.6 is 0 Å². The van der Waals surface area contributed by atoms with Crippen molar-refractivity contribution in [2.45, 2.75) is 6.54 Å². The first-order valence-electron chi connectivity index (χ1n) is 5.65. The zero-order valence-electron chi connectivity index (χ0n) is 10.1. The highest BCUT2D eigenvalue weighted by Gasteiger charge is 2.14. The van der Waals surface area contributed by atoms with Crippen LogP contribution in [0.5, 0.6) is 0 Å². The van der Waals surface area contributed by atoms with E-state index in [1.165, 1.54) is 12.1 Å².